The fourth-order valence-electron chi connectivity index (χ4n) is 3.51. The minimum Gasteiger partial charge on any atom is -0.463 e. The Balaban J connectivity index is 1.73. The van der Waals surface area contributed by atoms with E-state index in [0.29, 0.717) is 12.8 Å². The summed E-state index contributed by atoms with van der Waals surface area (Å²) in [6.07, 6.45) is 2.56. The monoisotopic (exact) mass is 389 g/mol. The van der Waals surface area contributed by atoms with Gasteiger partial charge in [-0.15, -0.1) is 0 Å². The van der Waals surface area contributed by atoms with Gasteiger partial charge < -0.3 is 4.74 Å². The predicted octanol–water partition coefficient (Wildman–Crippen LogP) is 0.393. The molecule has 2 aliphatic heterocycles. The van der Waals surface area contributed by atoms with Crippen molar-refractivity contribution in [3.05, 3.63) is 18.0 Å². The van der Waals surface area contributed by atoms with Crippen LogP contribution in [0, 0.1) is 12.8 Å². The van der Waals surface area contributed by atoms with E-state index in [0.717, 1.165) is 5.69 Å². The van der Waals surface area contributed by atoms with Gasteiger partial charge in [-0.1, -0.05) is 6.92 Å². The standard InChI is InChI=1S/C15H23N3O5S2/c1-3-7-25(21,22)18-10-15(11-18)13(5-8-24(15,19)20)9-23-14-16-6-4-12(2)17-14/h4,6,13H,3,5,7-11H2,1-2H3/t13-/m0/s1. The molecule has 0 aromatic carbocycles. The molecule has 0 radical (unpaired) electrons. The van der Waals surface area contributed by atoms with Gasteiger partial charge in [0, 0.05) is 30.9 Å². The topological polar surface area (TPSA) is 107 Å². The van der Waals surface area contributed by atoms with Crippen molar-refractivity contribution in [3.63, 3.8) is 0 Å². The maximum atomic E-state index is 12.6. The third-order valence-electron chi connectivity index (χ3n) is 5.03. The second kappa shape index (κ2) is 6.48. The van der Waals surface area contributed by atoms with Gasteiger partial charge in [0.25, 0.3) is 0 Å². The van der Waals surface area contributed by atoms with Crippen LogP contribution >= 0.6 is 0 Å². The largest absolute Gasteiger partial charge is 0.463 e. The molecular weight excluding hydrogens is 366 g/mol. The highest BCUT2D eigenvalue weighted by molar-refractivity contribution is 7.93. The summed E-state index contributed by atoms with van der Waals surface area (Å²) >= 11 is 0. The van der Waals surface area contributed by atoms with Gasteiger partial charge in [-0.3, -0.25) is 0 Å². The maximum Gasteiger partial charge on any atom is 0.316 e. The first-order valence-electron chi connectivity index (χ1n) is 8.33. The minimum atomic E-state index is -3.38. The van der Waals surface area contributed by atoms with Crippen LogP contribution in [0.25, 0.3) is 0 Å². The number of aromatic nitrogens is 2. The molecule has 2 saturated heterocycles. The molecule has 0 bridgehead atoms. The summed E-state index contributed by atoms with van der Waals surface area (Å²) in [7, 11) is -6.73. The number of aryl methyl sites for hydroxylation is 1. The number of rotatable bonds is 6. The van der Waals surface area contributed by atoms with E-state index in [2.05, 4.69) is 9.97 Å². The van der Waals surface area contributed by atoms with Crippen LogP contribution in [-0.2, 0) is 19.9 Å². The molecule has 8 nitrogen and oxygen atoms in total. The summed E-state index contributed by atoms with van der Waals surface area (Å²) in [5.41, 5.74) is 0.763. The van der Waals surface area contributed by atoms with Crippen LogP contribution in [0.1, 0.15) is 25.5 Å². The molecule has 0 saturated carbocycles. The average molecular weight is 389 g/mol. The van der Waals surface area contributed by atoms with Gasteiger partial charge in [0.05, 0.1) is 18.1 Å². The van der Waals surface area contributed by atoms with Crippen LogP contribution in [0.5, 0.6) is 6.01 Å². The Morgan fingerprint density at radius 3 is 2.76 bits per heavy atom. The Labute approximate surface area is 148 Å². The lowest BCUT2D eigenvalue weighted by molar-refractivity contribution is 0.120. The number of sulfonamides is 1. The highest BCUT2D eigenvalue weighted by Gasteiger charge is 2.63. The molecule has 2 aliphatic rings. The number of sulfone groups is 1. The third-order valence-corrected chi connectivity index (χ3v) is 9.60. The Bertz CT molecular complexity index is 848. The second-order valence-electron chi connectivity index (χ2n) is 6.74. The van der Waals surface area contributed by atoms with Crippen LogP contribution in [0.4, 0.5) is 0 Å². The smallest absolute Gasteiger partial charge is 0.316 e. The molecule has 1 aromatic heterocycles. The molecule has 1 atom stereocenters. The Morgan fingerprint density at radius 2 is 2.12 bits per heavy atom. The van der Waals surface area contributed by atoms with Gasteiger partial charge in [0.1, 0.15) is 4.75 Å². The first kappa shape index (κ1) is 18.5. The summed E-state index contributed by atoms with van der Waals surface area (Å²) in [4.78, 5) is 8.17. The fraction of sp³-hybridized carbons (Fsp3) is 0.733. The van der Waals surface area contributed by atoms with Gasteiger partial charge >= 0.3 is 6.01 Å². The number of nitrogens with zero attached hydrogens (tertiary/aromatic N) is 3. The van der Waals surface area contributed by atoms with Gasteiger partial charge in [-0.05, 0) is 25.8 Å². The second-order valence-corrected chi connectivity index (χ2v) is 11.3. The van der Waals surface area contributed by atoms with Crippen molar-refractivity contribution in [2.24, 2.45) is 5.92 Å². The van der Waals surface area contributed by atoms with E-state index in [4.69, 9.17) is 4.74 Å². The Morgan fingerprint density at radius 1 is 1.40 bits per heavy atom. The normalized spacial score (nSPS) is 25.0. The molecule has 0 N–H and O–H groups in total. The van der Waals surface area contributed by atoms with E-state index in [1.165, 1.54) is 4.31 Å². The van der Waals surface area contributed by atoms with Crippen molar-refractivity contribution in [2.75, 3.05) is 31.2 Å². The predicted molar refractivity (Wildman–Crippen MR) is 92.5 cm³/mol. The first-order chi connectivity index (χ1) is 11.7. The third kappa shape index (κ3) is 3.26. The van der Waals surface area contributed by atoms with Gasteiger partial charge in [-0.25, -0.2) is 26.8 Å². The molecule has 0 aliphatic carbocycles. The van der Waals surface area contributed by atoms with Crippen molar-refractivity contribution in [1.82, 2.24) is 14.3 Å². The Hall–Kier alpha value is -1.26. The van der Waals surface area contributed by atoms with Crippen molar-refractivity contribution < 1.29 is 21.6 Å². The summed E-state index contributed by atoms with van der Waals surface area (Å²) in [6, 6.07) is 1.96. The van der Waals surface area contributed by atoms with Crippen molar-refractivity contribution in [1.29, 1.82) is 0 Å². The first-order valence-corrected chi connectivity index (χ1v) is 11.6. The van der Waals surface area contributed by atoms with E-state index in [1.54, 1.807) is 19.2 Å². The number of ether oxygens (including phenoxy) is 1. The molecule has 2 fully saturated rings. The van der Waals surface area contributed by atoms with E-state index < -0.39 is 24.6 Å². The minimum absolute atomic E-state index is 0.0281. The van der Waals surface area contributed by atoms with E-state index in [-0.39, 0.29) is 43.1 Å². The molecule has 3 rings (SSSR count). The lowest BCUT2D eigenvalue weighted by atomic mass is 9.85. The van der Waals surface area contributed by atoms with Crippen LogP contribution in [0.15, 0.2) is 12.3 Å². The van der Waals surface area contributed by atoms with Gasteiger partial charge in [0.2, 0.25) is 10.0 Å². The molecular formula is C15H23N3O5S2. The molecule has 1 aromatic rings. The molecule has 1 spiro atoms. The van der Waals surface area contributed by atoms with Crippen LogP contribution in [0.2, 0.25) is 0 Å². The summed E-state index contributed by atoms with van der Waals surface area (Å²) in [5.74, 6) is -0.145. The van der Waals surface area contributed by atoms with Crippen LogP contribution < -0.4 is 4.74 Å². The molecule has 10 heteroatoms. The summed E-state index contributed by atoms with van der Waals surface area (Å²) in [6.45, 7) is 3.83. The van der Waals surface area contributed by atoms with Crippen molar-refractivity contribution in [2.45, 2.75) is 31.4 Å². The lowest BCUT2D eigenvalue weighted by Crippen LogP contribution is -2.69. The summed E-state index contributed by atoms with van der Waals surface area (Å²) in [5, 5.41) is 0. The molecule has 3 heterocycles. The van der Waals surface area contributed by atoms with Crippen molar-refractivity contribution in [3.8, 4) is 6.01 Å². The van der Waals surface area contributed by atoms with E-state index in [1.807, 2.05) is 6.92 Å². The van der Waals surface area contributed by atoms with E-state index in [9.17, 15) is 16.8 Å². The number of hydrogen-bond acceptors (Lipinski definition) is 7. The van der Waals surface area contributed by atoms with E-state index >= 15 is 0 Å². The number of hydrogen-bond donors (Lipinski definition) is 0. The SMILES string of the molecule is CCCS(=O)(=O)N1CC2(C1)[C@H](COc1nccc(C)n1)CCS2(=O)=O. The highest BCUT2D eigenvalue weighted by Crippen LogP contribution is 2.45. The molecule has 140 valence electrons. The zero-order chi connectivity index (χ0) is 18.3. The quantitative estimate of drug-likeness (QED) is 0.693. The van der Waals surface area contributed by atoms with Crippen molar-refractivity contribution >= 4 is 19.9 Å². The molecule has 25 heavy (non-hydrogen) atoms. The summed E-state index contributed by atoms with van der Waals surface area (Å²) < 4.78 is 55.3. The van der Waals surface area contributed by atoms with Crippen LogP contribution in [0.3, 0.4) is 0 Å². The fourth-order valence-corrected chi connectivity index (χ4v) is 7.70. The molecule has 0 unspecified atom stereocenters. The van der Waals surface area contributed by atoms with Crippen LogP contribution in [-0.4, -0.2) is 67.1 Å². The zero-order valence-corrected chi connectivity index (χ0v) is 16.0. The lowest BCUT2D eigenvalue weighted by Gasteiger charge is -2.48. The van der Waals surface area contributed by atoms with Gasteiger partial charge in [-0.2, -0.15) is 4.31 Å². The highest BCUT2D eigenvalue weighted by atomic mass is 32.2. The maximum absolute atomic E-state index is 12.6. The van der Waals surface area contributed by atoms with Gasteiger partial charge in [0.15, 0.2) is 9.84 Å². The Kier molecular flexibility index (Phi) is 4.80. The molecule has 0 amide bonds. The zero-order valence-electron chi connectivity index (χ0n) is 14.4. The average Bonchev–Trinajstić information content (AvgIpc) is 2.74.